The summed E-state index contributed by atoms with van der Waals surface area (Å²) in [6.07, 6.45) is 1.21. The Morgan fingerprint density at radius 1 is 1.19 bits per heavy atom. The average molecular weight is 220 g/mol. The van der Waals surface area contributed by atoms with Crippen LogP contribution in [0.25, 0.3) is 0 Å². The van der Waals surface area contributed by atoms with E-state index in [1.165, 1.54) is 18.5 Å². The molecule has 0 aromatic heterocycles. The molecule has 0 aliphatic heterocycles. The summed E-state index contributed by atoms with van der Waals surface area (Å²) in [4.78, 5) is 2.48. The van der Waals surface area contributed by atoms with Crippen molar-refractivity contribution in [1.29, 1.82) is 0 Å². The van der Waals surface area contributed by atoms with Crippen LogP contribution in [-0.4, -0.2) is 31.1 Å². The second kappa shape index (κ2) is 7.42. The van der Waals surface area contributed by atoms with Crippen LogP contribution in [0.3, 0.4) is 0 Å². The molecule has 2 nitrogen and oxygen atoms in total. The monoisotopic (exact) mass is 220 g/mol. The van der Waals surface area contributed by atoms with Crippen LogP contribution in [0.15, 0.2) is 30.3 Å². The summed E-state index contributed by atoms with van der Waals surface area (Å²) in [5.74, 6) is 0.465. The molecule has 0 heterocycles. The Bertz CT molecular complexity index is 271. The molecule has 0 radical (unpaired) electrons. The van der Waals surface area contributed by atoms with Crippen LogP contribution in [-0.2, 0) is 0 Å². The van der Waals surface area contributed by atoms with Crippen LogP contribution in [0.1, 0.15) is 31.7 Å². The van der Waals surface area contributed by atoms with Gasteiger partial charge >= 0.3 is 0 Å². The Morgan fingerprint density at radius 3 is 2.38 bits per heavy atom. The van der Waals surface area contributed by atoms with Gasteiger partial charge in [0.05, 0.1) is 0 Å². The predicted molar refractivity (Wildman–Crippen MR) is 70.6 cm³/mol. The Balaban J connectivity index is 2.61. The molecule has 2 N–H and O–H groups in total. The molecule has 1 rings (SSSR count). The number of hydrogen-bond donors (Lipinski definition) is 1. The molecule has 16 heavy (non-hydrogen) atoms. The Morgan fingerprint density at radius 2 is 1.88 bits per heavy atom. The standard InChI is InChI=1S/C14H24N2/c1-3-10-16(4-2)12-14(11-15)13-8-6-5-7-9-13/h5-9,14H,3-4,10-12,15H2,1-2H3. The molecule has 0 bridgehead atoms. The molecule has 0 spiro atoms. The van der Waals surface area contributed by atoms with Crippen molar-refractivity contribution in [2.45, 2.75) is 26.2 Å². The van der Waals surface area contributed by atoms with Crippen molar-refractivity contribution < 1.29 is 0 Å². The summed E-state index contributed by atoms with van der Waals surface area (Å²) in [5, 5.41) is 0. The summed E-state index contributed by atoms with van der Waals surface area (Å²) in [6, 6.07) is 10.6. The quantitative estimate of drug-likeness (QED) is 0.765. The summed E-state index contributed by atoms with van der Waals surface area (Å²) in [5.41, 5.74) is 7.24. The molecular weight excluding hydrogens is 196 g/mol. The summed E-state index contributed by atoms with van der Waals surface area (Å²) in [7, 11) is 0. The molecule has 0 saturated heterocycles. The van der Waals surface area contributed by atoms with E-state index < -0.39 is 0 Å². The van der Waals surface area contributed by atoms with E-state index in [2.05, 4.69) is 49.1 Å². The minimum atomic E-state index is 0.465. The molecule has 90 valence electrons. The van der Waals surface area contributed by atoms with Gasteiger partial charge in [-0.1, -0.05) is 44.2 Å². The first kappa shape index (κ1) is 13.2. The number of likely N-dealkylation sites (N-methyl/N-ethyl adjacent to an activating group) is 1. The van der Waals surface area contributed by atoms with Crippen LogP contribution < -0.4 is 5.73 Å². The van der Waals surface area contributed by atoms with Crippen LogP contribution in [0.2, 0.25) is 0 Å². The Kier molecular flexibility index (Phi) is 6.12. The third-order valence-corrected chi connectivity index (χ3v) is 3.02. The van der Waals surface area contributed by atoms with Gasteiger partial charge in [-0.15, -0.1) is 0 Å². The first-order valence-electron chi connectivity index (χ1n) is 6.29. The molecule has 1 aromatic carbocycles. The largest absolute Gasteiger partial charge is 0.330 e. The maximum Gasteiger partial charge on any atom is 0.00888 e. The number of benzene rings is 1. The highest BCUT2D eigenvalue weighted by Gasteiger charge is 2.12. The minimum Gasteiger partial charge on any atom is -0.330 e. The van der Waals surface area contributed by atoms with Gasteiger partial charge in [-0.05, 0) is 25.1 Å². The topological polar surface area (TPSA) is 29.3 Å². The Labute approximate surface area is 99.5 Å². The molecule has 2 heteroatoms. The molecule has 0 saturated carbocycles. The van der Waals surface area contributed by atoms with Crippen molar-refractivity contribution >= 4 is 0 Å². The zero-order chi connectivity index (χ0) is 11.8. The molecule has 1 atom stereocenters. The van der Waals surface area contributed by atoms with Gasteiger partial charge in [0.15, 0.2) is 0 Å². The number of nitrogens with two attached hydrogens (primary N) is 1. The lowest BCUT2D eigenvalue weighted by atomic mass is 9.98. The van der Waals surface area contributed by atoms with E-state index in [0.29, 0.717) is 5.92 Å². The fourth-order valence-corrected chi connectivity index (χ4v) is 2.05. The smallest absolute Gasteiger partial charge is 0.00888 e. The number of hydrogen-bond acceptors (Lipinski definition) is 2. The zero-order valence-corrected chi connectivity index (χ0v) is 10.5. The molecule has 1 aromatic rings. The van der Waals surface area contributed by atoms with Gasteiger partial charge < -0.3 is 10.6 Å². The van der Waals surface area contributed by atoms with Crippen molar-refractivity contribution in [1.82, 2.24) is 4.90 Å². The van der Waals surface area contributed by atoms with E-state index in [1.54, 1.807) is 0 Å². The SMILES string of the molecule is CCCN(CC)CC(CN)c1ccccc1. The van der Waals surface area contributed by atoms with Crippen molar-refractivity contribution in [3.8, 4) is 0 Å². The lowest BCUT2D eigenvalue weighted by Crippen LogP contribution is -2.32. The van der Waals surface area contributed by atoms with Crippen LogP contribution in [0, 0.1) is 0 Å². The zero-order valence-electron chi connectivity index (χ0n) is 10.5. The van der Waals surface area contributed by atoms with Crippen LogP contribution in [0.5, 0.6) is 0 Å². The van der Waals surface area contributed by atoms with Crippen molar-refractivity contribution in [3.63, 3.8) is 0 Å². The van der Waals surface area contributed by atoms with Gasteiger partial charge in [0.2, 0.25) is 0 Å². The fraction of sp³-hybridized carbons (Fsp3) is 0.571. The lowest BCUT2D eigenvalue weighted by Gasteiger charge is -2.25. The number of nitrogens with zero attached hydrogens (tertiary/aromatic N) is 1. The first-order valence-corrected chi connectivity index (χ1v) is 6.29. The summed E-state index contributed by atoms with van der Waals surface area (Å²) >= 11 is 0. The van der Waals surface area contributed by atoms with Gasteiger partial charge in [0.25, 0.3) is 0 Å². The first-order chi connectivity index (χ1) is 7.81. The molecule has 0 aliphatic rings. The van der Waals surface area contributed by atoms with E-state index in [-0.39, 0.29) is 0 Å². The van der Waals surface area contributed by atoms with Gasteiger partial charge in [0.1, 0.15) is 0 Å². The molecule has 0 fully saturated rings. The van der Waals surface area contributed by atoms with Gasteiger partial charge in [0, 0.05) is 19.0 Å². The van der Waals surface area contributed by atoms with E-state index in [0.717, 1.165) is 19.6 Å². The maximum atomic E-state index is 5.88. The van der Waals surface area contributed by atoms with Crippen molar-refractivity contribution in [2.24, 2.45) is 5.73 Å². The molecule has 1 unspecified atom stereocenters. The second-order valence-corrected chi connectivity index (χ2v) is 4.24. The highest BCUT2D eigenvalue weighted by Crippen LogP contribution is 2.15. The minimum absolute atomic E-state index is 0.465. The van der Waals surface area contributed by atoms with E-state index >= 15 is 0 Å². The third kappa shape index (κ3) is 3.95. The van der Waals surface area contributed by atoms with Gasteiger partial charge in [-0.2, -0.15) is 0 Å². The maximum absolute atomic E-state index is 5.88. The van der Waals surface area contributed by atoms with E-state index in [4.69, 9.17) is 5.73 Å². The highest BCUT2D eigenvalue weighted by molar-refractivity contribution is 5.20. The normalized spacial score (nSPS) is 13.0. The Hall–Kier alpha value is -0.860. The summed E-state index contributed by atoms with van der Waals surface area (Å²) in [6.45, 7) is 8.52. The van der Waals surface area contributed by atoms with Crippen LogP contribution >= 0.6 is 0 Å². The molecular formula is C14H24N2. The van der Waals surface area contributed by atoms with Crippen molar-refractivity contribution in [3.05, 3.63) is 35.9 Å². The van der Waals surface area contributed by atoms with E-state index in [9.17, 15) is 0 Å². The fourth-order valence-electron chi connectivity index (χ4n) is 2.05. The highest BCUT2D eigenvalue weighted by atomic mass is 15.1. The molecule has 0 amide bonds. The second-order valence-electron chi connectivity index (χ2n) is 4.24. The van der Waals surface area contributed by atoms with Crippen LogP contribution in [0.4, 0.5) is 0 Å². The predicted octanol–water partition coefficient (Wildman–Crippen LogP) is 2.46. The molecule has 0 aliphatic carbocycles. The number of rotatable bonds is 7. The van der Waals surface area contributed by atoms with Crippen molar-refractivity contribution in [2.75, 3.05) is 26.2 Å². The summed E-state index contributed by atoms with van der Waals surface area (Å²) < 4.78 is 0. The van der Waals surface area contributed by atoms with Gasteiger partial charge in [-0.25, -0.2) is 0 Å². The van der Waals surface area contributed by atoms with Gasteiger partial charge in [-0.3, -0.25) is 0 Å². The third-order valence-electron chi connectivity index (χ3n) is 3.02. The van der Waals surface area contributed by atoms with E-state index in [1.807, 2.05) is 0 Å². The lowest BCUT2D eigenvalue weighted by molar-refractivity contribution is 0.271. The average Bonchev–Trinajstić information content (AvgIpc) is 2.35.